The van der Waals surface area contributed by atoms with Crippen molar-refractivity contribution >= 4 is 0 Å². The molecule has 0 aromatic heterocycles. The molecule has 0 aliphatic heterocycles. The lowest BCUT2D eigenvalue weighted by atomic mass is 9.72. The van der Waals surface area contributed by atoms with Crippen LogP contribution in [0.3, 0.4) is 0 Å². The average molecular weight is 242 g/mol. The smallest absolute Gasteiger partial charge is 0.107 e. The van der Waals surface area contributed by atoms with E-state index in [1.165, 1.54) is 5.56 Å². The predicted octanol–water partition coefficient (Wildman–Crippen LogP) is 3.49. The molecule has 1 aliphatic rings. The van der Waals surface area contributed by atoms with Crippen LogP contribution in [0.1, 0.15) is 38.7 Å². The summed E-state index contributed by atoms with van der Waals surface area (Å²) in [6.45, 7) is 5.35. The van der Waals surface area contributed by atoms with Crippen molar-refractivity contribution in [2.24, 2.45) is 11.8 Å². The largest absolute Gasteiger partial charge is 0.295 e. The highest BCUT2D eigenvalue weighted by molar-refractivity contribution is 5.17. The molecule has 2 heteroatoms. The summed E-state index contributed by atoms with van der Waals surface area (Å²) < 4.78 is 0. The summed E-state index contributed by atoms with van der Waals surface area (Å²) in [5.41, 5.74) is 0.931. The second-order valence-corrected chi connectivity index (χ2v) is 5.73. The molecule has 96 valence electrons. The first-order valence-electron chi connectivity index (χ1n) is 6.85. The summed E-state index contributed by atoms with van der Waals surface area (Å²) in [5, 5.41) is 13.0. The van der Waals surface area contributed by atoms with Crippen LogP contribution in [-0.4, -0.2) is 5.54 Å². The van der Waals surface area contributed by atoms with Gasteiger partial charge in [-0.2, -0.15) is 5.26 Å². The average Bonchev–Trinajstić information content (AvgIpc) is 2.42. The summed E-state index contributed by atoms with van der Waals surface area (Å²) in [7, 11) is 0. The van der Waals surface area contributed by atoms with Gasteiger partial charge in [0.15, 0.2) is 0 Å². The van der Waals surface area contributed by atoms with E-state index in [0.29, 0.717) is 5.92 Å². The molecule has 1 fully saturated rings. The zero-order chi connectivity index (χ0) is 13.0. The lowest BCUT2D eigenvalue weighted by molar-refractivity contribution is 0.181. The molecule has 1 aliphatic carbocycles. The van der Waals surface area contributed by atoms with Crippen LogP contribution in [0.2, 0.25) is 0 Å². The van der Waals surface area contributed by atoms with Crippen LogP contribution in [0.25, 0.3) is 0 Å². The molecule has 1 saturated carbocycles. The van der Waals surface area contributed by atoms with Crippen molar-refractivity contribution in [1.82, 2.24) is 5.32 Å². The number of rotatable bonds is 3. The van der Waals surface area contributed by atoms with Gasteiger partial charge in [-0.15, -0.1) is 0 Å². The third-order valence-electron chi connectivity index (χ3n) is 4.36. The minimum absolute atomic E-state index is 0.318. The molecule has 3 atom stereocenters. The first kappa shape index (κ1) is 13.1. The first-order chi connectivity index (χ1) is 8.65. The van der Waals surface area contributed by atoms with Gasteiger partial charge < -0.3 is 0 Å². The van der Waals surface area contributed by atoms with Crippen LogP contribution in [0.15, 0.2) is 30.3 Å². The quantitative estimate of drug-likeness (QED) is 0.880. The molecule has 1 aromatic rings. The Bertz CT molecular complexity index is 420. The highest BCUT2D eigenvalue weighted by Gasteiger charge is 2.37. The monoisotopic (exact) mass is 242 g/mol. The molecular formula is C16H22N2. The molecular weight excluding hydrogens is 220 g/mol. The fourth-order valence-electron chi connectivity index (χ4n) is 2.78. The van der Waals surface area contributed by atoms with Crippen LogP contribution in [0, 0.1) is 23.2 Å². The van der Waals surface area contributed by atoms with Gasteiger partial charge in [-0.1, -0.05) is 44.2 Å². The first-order valence-corrected chi connectivity index (χ1v) is 6.85. The van der Waals surface area contributed by atoms with Crippen LogP contribution >= 0.6 is 0 Å². The van der Waals surface area contributed by atoms with Crippen LogP contribution < -0.4 is 5.32 Å². The number of hydrogen-bond donors (Lipinski definition) is 1. The number of nitrogens with zero attached hydrogens (tertiary/aromatic N) is 1. The van der Waals surface area contributed by atoms with Crippen molar-refractivity contribution in [2.45, 2.75) is 45.2 Å². The second kappa shape index (κ2) is 5.54. The molecule has 1 aromatic carbocycles. The van der Waals surface area contributed by atoms with E-state index in [-0.39, 0.29) is 5.54 Å². The highest BCUT2D eigenvalue weighted by Crippen LogP contribution is 2.36. The minimum atomic E-state index is -0.318. The van der Waals surface area contributed by atoms with E-state index in [1.807, 2.05) is 18.2 Å². The summed E-state index contributed by atoms with van der Waals surface area (Å²) in [6, 6.07) is 12.8. The van der Waals surface area contributed by atoms with Crippen LogP contribution in [0.4, 0.5) is 0 Å². The molecule has 18 heavy (non-hydrogen) atoms. The maximum absolute atomic E-state index is 9.51. The summed E-state index contributed by atoms with van der Waals surface area (Å²) in [6.07, 6.45) is 3.09. The maximum Gasteiger partial charge on any atom is 0.107 e. The molecule has 1 N–H and O–H groups in total. The molecule has 2 rings (SSSR count). The third kappa shape index (κ3) is 2.91. The van der Waals surface area contributed by atoms with Crippen molar-refractivity contribution in [2.75, 3.05) is 0 Å². The van der Waals surface area contributed by atoms with Crippen molar-refractivity contribution in [3.05, 3.63) is 35.9 Å². The van der Waals surface area contributed by atoms with Crippen molar-refractivity contribution in [3.63, 3.8) is 0 Å². The van der Waals surface area contributed by atoms with Crippen LogP contribution in [-0.2, 0) is 6.54 Å². The van der Waals surface area contributed by atoms with Gasteiger partial charge in [0.2, 0.25) is 0 Å². The van der Waals surface area contributed by atoms with Crippen molar-refractivity contribution in [3.8, 4) is 6.07 Å². The Morgan fingerprint density at radius 1 is 1.28 bits per heavy atom. The van der Waals surface area contributed by atoms with Gasteiger partial charge in [0.1, 0.15) is 5.54 Å². The Morgan fingerprint density at radius 2 is 2.00 bits per heavy atom. The maximum atomic E-state index is 9.51. The van der Waals surface area contributed by atoms with E-state index in [9.17, 15) is 5.26 Å². The number of benzene rings is 1. The molecule has 0 bridgehead atoms. The standard InChI is InChI=1S/C16H22N2/c1-13-8-9-16(12-17,10-14(13)2)18-11-15-6-4-3-5-7-15/h3-7,13-14,18H,8-11H2,1-2H3. The van der Waals surface area contributed by atoms with Gasteiger partial charge in [-0.05, 0) is 36.7 Å². The topological polar surface area (TPSA) is 35.8 Å². The van der Waals surface area contributed by atoms with Crippen LogP contribution in [0.5, 0.6) is 0 Å². The number of nitrogens with one attached hydrogen (secondary N) is 1. The third-order valence-corrected chi connectivity index (χ3v) is 4.36. The second-order valence-electron chi connectivity index (χ2n) is 5.73. The van der Waals surface area contributed by atoms with Gasteiger partial charge in [-0.3, -0.25) is 5.32 Å². The normalized spacial score (nSPS) is 31.8. The molecule has 3 unspecified atom stereocenters. The minimum Gasteiger partial charge on any atom is -0.295 e. The van der Waals surface area contributed by atoms with Gasteiger partial charge in [0.05, 0.1) is 6.07 Å². The zero-order valence-electron chi connectivity index (χ0n) is 11.3. The van der Waals surface area contributed by atoms with Gasteiger partial charge >= 0.3 is 0 Å². The van der Waals surface area contributed by atoms with E-state index in [1.54, 1.807) is 0 Å². The Labute approximate surface area is 110 Å². The molecule has 0 saturated heterocycles. The molecule has 0 spiro atoms. The SMILES string of the molecule is CC1CCC(C#N)(NCc2ccccc2)CC1C. The van der Waals surface area contributed by atoms with Gasteiger partial charge in [0.25, 0.3) is 0 Å². The van der Waals surface area contributed by atoms with Crippen molar-refractivity contribution in [1.29, 1.82) is 5.26 Å². The van der Waals surface area contributed by atoms with Gasteiger partial charge in [0, 0.05) is 6.54 Å². The lowest BCUT2D eigenvalue weighted by Crippen LogP contribution is -2.48. The molecule has 2 nitrogen and oxygen atoms in total. The molecule has 0 radical (unpaired) electrons. The van der Waals surface area contributed by atoms with E-state index < -0.39 is 0 Å². The van der Waals surface area contributed by atoms with E-state index in [0.717, 1.165) is 31.7 Å². The van der Waals surface area contributed by atoms with Crippen molar-refractivity contribution < 1.29 is 0 Å². The van der Waals surface area contributed by atoms with E-state index >= 15 is 0 Å². The van der Waals surface area contributed by atoms with Gasteiger partial charge in [-0.25, -0.2) is 0 Å². The number of nitriles is 1. The predicted molar refractivity (Wildman–Crippen MR) is 73.8 cm³/mol. The lowest BCUT2D eigenvalue weighted by Gasteiger charge is -2.38. The summed E-state index contributed by atoms with van der Waals surface area (Å²) >= 11 is 0. The summed E-state index contributed by atoms with van der Waals surface area (Å²) in [5.74, 6) is 1.37. The Morgan fingerprint density at radius 3 is 2.61 bits per heavy atom. The molecule has 0 heterocycles. The highest BCUT2D eigenvalue weighted by atomic mass is 15.0. The molecule has 0 amide bonds. The summed E-state index contributed by atoms with van der Waals surface area (Å²) in [4.78, 5) is 0. The Kier molecular flexibility index (Phi) is 4.04. The van der Waals surface area contributed by atoms with E-state index in [4.69, 9.17) is 0 Å². The fourth-order valence-corrected chi connectivity index (χ4v) is 2.78. The van der Waals surface area contributed by atoms with E-state index in [2.05, 4.69) is 37.4 Å². The zero-order valence-corrected chi connectivity index (χ0v) is 11.3. The number of hydrogen-bond acceptors (Lipinski definition) is 2. The Hall–Kier alpha value is -1.33. The fraction of sp³-hybridized carbons (Fsp3) is 0.562. The Balaban J connectivity index is 2.00.